The van der Waals surface area contributed by atoms with Crippen LogP contribution in [0.2, 0.25) is 0 Å². The van der Waals surface area contributed by atoms with E-state index in [1.54, 1.807) is 0 Å². The van der Waals surface area contributed by atoms with Gasteiger partial charge in [-0.1, -0.05) is 0 Å². The summed E-state index contributed by atoms with van der Waals surface area (Å²) in [4.78, 5) is 11.6. The molecule has 1 N–H and O–H groups in total. The number of aliphatic hydroxyl groups is 1. The Hall–Kier alpha value is -1.03. The summed E-state index contributed by atoms with van der Waals surface area (Å²) in [6.45, 7) is 0.241. The number of hydrogen-bond donors (Lipinski definition) is 1. The van der Waals surface area contributed by atoms with E-state index in [4.69, 9.17) is 5.11 Å². The molecule has 60 valence electrons. The van der Waals surface area contributed by atoms with Crippen molar-refractivity contribution in [3.8, 4) is 0 Å². The van der Waals surface area contributed by atoms with Crippen molar-refractivity contribution in [2.75, 3.05) is 6.61 Å². The molecule has 0 radical (unpaired) electrons. The predicted molar refractivity (Wildman–Crippen MR) is 39.9 cm³/mol. The van der Waals surface area contributed by atoms with Crippen molar-refractivity contribution in [2.24, 2.45) is 0 Å². The van der Waals surface area contributed by atoms with Gasteiger partial charge in [-0.05, 0) is 12.8 Å². The summed E-state index contributed by atoms with van der Waals surface area (Å²) in [5, 5.41) is 8.49. The van der Waals surface area contributed by atoms with Crippen molar-refractivity contribution in [2.45, 2.75) is 19.3 Å². The van der Waals surface area contributed by atoms with E-state index in [1.807, 2.05) is 0 Å². The molecule has 0 fully saturated rings. The Morgan fingerprint density at radius 2 is 1.91 bits per heavy atom. The standard InChI is InChI=1S/C7H11N3O/c11-4-2-1-3-7-9-5-8-6-10-7/h5-6,11H,1-4H2. The van der Waals surface area contributed by atoms with Crippen LogP contribution in [0.5, 0.6) is 0 Å². The minimum atomic E-state index is 0.241. The van der Waals surface area contributed by atoms with Gasteiger partial charge >= 0.3 is 0 Å². The lowest BCUT2D eigenvalue weighted by Crippen LogP contribution is -1.95. The minimum Gasteiger partial charge on any atom is -0.396 e. The maximum absolute atomic E-state index is 8.49. The van der Waals surface area contributed by atoms with E-state index in [0.717, 1.165) is 25.1 Å². The Kier molecular flexibility index (Phi) is 3.47. The van der Waals surface area contributed by atoms with Gasteiger partial charge in [0.15, 0.2) is 0 Å². The van der Waals surface area contributed by atoms with Gasteiger partial charge in [-0.15, -0.1) is 0 Å². The molecule has 1 aromatic heterocycles. The first-order valence-electron chi connectivity index (χ1n) is 3.65. The third-order valence-electron chi connectivity index (χ3n) is 1.36. The van der Waals surface area contributed by atoms with Crippen LogP contribution in [0.3, 0.4) is 0 Å². The molecule has 4 nitrogen and oxygen atoms in total. The smallest absolute Gasteiger partial charge is 0.131 e. The first-order chi connectivity index (χ1) is 5.43. The van der Waals surface area contributed by atoms with Crippen LogP contribution in [0, 0.1) is 0 Å². The minimum absolute atomic E-state index is 0.241. The van der Waals surface area contributed by atoms with Crippen molar-refractivity contribution >= 4 is 0 Å². The van der Waals surface area contributed by atoms with Gasteiger partial charge in [-0.2, -0.15) is 0 Å². The number of rotatable bonds is 4. The second-order valence-corrected chi connectivity index (χ2v) is 2.24. The van der Waals surface area contributed by atoms with Gasteiger partial charge in [-0.25, -0.2) is 15.0 Å². The van der Waals surface area contributed by atoms with E-state index in [9.17, 15) is 0 Å². The molecule has 1 heterocycles. The number of aryl methyl sites for hydroxylation is 1. The molecular weight excluding hydrogens is 142 g/mol. The molecule has 1 rings (SSSR count). The summed E-state index contributed by atoms with van der Waals surface area (Å²) in [5.41, 5.74) is 0. The molecule has 1 aromatic rings. The second kappa shape index (κ2) is 4.73. The Morgan fingerprint density at radius 3 is 2.55 bits per heavy atom. The van der Waals surface area contributed by atoms with E-state index in [2.05, 4.69) is 15.0 Å². The van der Waals surface area contributed by atoms with E-state index in [-0.39, 0.29) is 6.61 Å². The molecule has 0 unspecified atom stereocenters. The fourth-order valence-electron chi connectivity index (χ4n) is 0.787. The normalized spacial score (nSPS) is 9.91. The topological polar surface area (TPSA) is 58.9 Å². The maximum Gasteiger partial charge on any atom is 0.131 e. The maximum atomic E-state index is 8.49. The highest BCUT2D eigenvalue weighted by Gasteiger charge is 1.93. The molecule has 0 aromatic carbocycles. The molecule has 0 saturated heterocycles. The van der Waals surface area contributed by atoms with Crippen molar-refractivity contribution in [3.05, 3.63) is 18.5 Å². The average Bonchev–Trinajstić information content (AvgIpc) is 2.07. The molecule has 0 aliphatic heterocycles. The van der Waals surface area contributed by atoms with Crippen LogP contribution < -0.4 is 0 Å². The number of unbranched alkanes of at least 4 members (excludes halogenated alkanes) is 1. The summed E-state index contributed by atoms with van der Waals surface area (Å²) in [6, 6.07) is 0. The number of hydrogen-bond acceptors (Lipinski definition) is 4. The van der Waals surface area contributed by atoms with Gasteiger partial charge in [0.25, 0.3) is 0 Å². The highest BCUT2D eigenvalue weighted by molar-refractivity contribution is 4.80. The SMILES string of the molecule is OCCCCc1ncncn1. The van der Waals surface area contributed by atoms with Gasteiger partial charge in [0.05, 0.1) is 0 Å². The van der Waals surface area contributed by atoms with Gasteiger partial charge in [-0.3, -0.25) is 0 Å². The van der Waals surface area contributed by atoms with Crippen LogP contribution in [-0.2, 0) is 6.42 Å². The first-order valence-corrected chi connectivity index (χ1v) is 3.65. The second-order valence-electron chi connectivity index (χ2n) is 2.24. The molecule has 4 heteroatoms. The highest BCUT2D eigenvalue weighted by atomic mass is 16.2. The predicted octanol–water partition coefficient (Wildman–Crippen LogP) is 0.187. The molecule has 0 aliphatic rings. The zero-order valence-electron chi connectivity index (χ0n) is 6.27. The third-order valence-corrected chi connectivity index (χ3v) is 1.36. The Balaban J connectivity index is 2.28. The monoisotopic (exact) mass is 153 g/mol. The van der Waals surface area contributed by atoms with E-state index < -0.39 is 0 Å². The van der Waals surface area contributed by atoms with Crippen molar-refractivity contribution in [1.29, 1.82) is 0 Å². The summed E-state index contributed by atoms with van der Waals surface area (Å²) >= 11 is 0. The largest absolute Gasteiger partial charge is 0.396 e. The van der Waals surface area contributed by atoms with Gasteiger partial charge in [0.2, 0.25) is 0 Å². The average molecular weight is 153 g/mol. The van der Waals surface area contributed by atoms with E-state index in [1.165, 1.54) is 12.7 Å². The fraction of sp³-hybridized carbons (Fsp3) is 0.571. The van der Waals surface area contributed by atoms with Crippen LogP contribution in [0.4, 0.5) is 0 Å². The van der Waals surface area contributed by atoms with Crippen LogP contribution in [-0.4, -0.2) is 26.7 Å². The number of aliphatic hydroxyl groups excluding tert-OH is 1. The van der Waals surface area contributed by atoms with Crippen molar-refractivity contribution in [1.82, 2.24) is 15.0 Å². The molecule has 0 aliphatic carbocycles. The zero-order valence-corrected chi connectivity index (χ0v) is 6.27. The van der Waals surface area contributed by atoms with Crippen LogP contribution >= 0.6 is 0 Å². The van der Waals surface area contributed by atoms with Crippen molar-refractivity contribution < 1.29 is 5.11 Å². The quantitative estimate of drug-likeness (QED) is 0.627. The molecule has 0 saturated carbocycles. The highest BCUT2D eigenvalue weighted by Crippen LogP contribution is 1.95. The van der Waals surface area contributed by atoms with Gasteiger partial charge in [0.1, 0.15) is 18.5 Å². The molecule has 0 atom stereocenters. The number of nitrogens with zero attached hydrogens (tertiary/aromatic N) is 3. The van der Waals surface area contributed by atoms with Crippen LogP contribution in [0.1, 0.15) is 18.7 Å². The summed E-state index contributed by atoms with van der Waals surface area (Å²) in [7, 11) is 0. The van der Waals surface area contributed by atoms with Crippen LogP contribution in [0.15, 0.2) is 12.7 Å². The molecule has 11 heavy (non-hydrogen) atoms. The molecular formula is C7H11N3O. The van der Waals surface area contributed by atoms with Crippen LogP contribution in [0.25, 0.3) is 0 Å². The van der Waals surface area contributed by atoms with Gasteiger partial charge < -0.3 is 5.11 Å². The van der Waals surface area contributed by atoms with E-state index >= 15 is 0 Å². The molecule has 0 spiro atoms. The molecule has 0 amide bonds. The first kappa shape index (κ1) is 8.07. The fourth-order valence-corrected chi connectivity index (χ4v) is 0.787. The molecule has 0 bridgehead atoms. The zero-order chi connectivity index (χ0) is 7.94. The van der Waals surface area contributed by atoms with Gasteiger partial charge in [0, 0.05) is 13.0 Å². The van der Waals surface area contributed by atoms with Crippen molar-refractivity contribution in [3.63, 3.8) is 0 Å². The Bertz CT molecular complexity index is 190. The lowest BCUT2D eigenvalue weighted by molar-refractivity contribution is 0.284. The third kappa shape index (κ3) is 3.04. The Morgan fingerprint density at radius 1 is 1.18 bits per heavy atom. The summed E-state index contributed by atoms with van der Waals surface area (Å²) in [5.74, 6) is 0.799. The lowest BCUT2D eigenvalue weighted by atomic mass is 10.2. The Labute approximate surface area is 65.3 Å². The number of aromatic nitrogens is 3. The summed E-state index contributed by atoms with van der Waals surface area (Å²) < 4.78 is 0. The van der Waals surface area contributed by atoms with E-state index in [0.29, 0.717) is 0 Å². The lowest BCUT2D eigenvalue weighted by Gasteiger charge is -1.95. The summed E-state index contributed by atoms with van der Waals surface area (Å²) in [6.07, 6.45) is 5.54.